The number of rotatable bonds is 7. The number of hydrogen-bond donors (Lipinski definition) is 2. The van der Waals surface area contributed by atoms with E-state index in [0.717, 1.165) is 68.1 Å². The van der Waals surface area contributed by atoms with Gasteiger partial charge in [-0.25, -0.2) is 33.3 Å². The van der Waals surface area contributed by atoms with Gasteiger partial charge in [0.05, 0.1) is 28.0 Å². The molecule has 2 aliphatic carbocycles. The third-order valence-corrected chi connectivity index (χ3v) is 8.52. The molecule has 0 amide bonds. The summed E-state index contributed by atoms with van der Waals surface area (Å²) in [5.41, 5.74) is 4.33. The maximum Gasteiger partial charge on any atom is 0.295 e. The summed E-state index contributed by atoms with van der Waals surface area (Å²) in [6, 6.07) is 6.64. The molecule has 4 aromatic rings. The summed E-state index contributed by atoms with van der Waals surface area (Å²) in [7, 11) is -2.27. The molecule has 0 aliphatic heterocycles. The summed E-state index contributed by atoms with van der Waals surface area (Å²) in [4.78, 5) is 37.1. The van der Waals surface area contributed by atoms with Crippen molar-refractivity contribution < 1.29 is 13.5 Å². The van der Waals surface area contributed by atoms with Crippen molar-refractivity contribution >= 4 is 26.8 Å². The van der Waals surface area contributed by atoms with Crippen molar-refractivity contribution in [2.45, 2.75) is 68.8 Å². The Bertz CT molecular complexity index is 1690. The fraction of sp³-hybridized carbons (Fsp3) is 0.429. The Hall–Kier alpha value is -3.77. The van der Waals surface area contributed by atoms with Gasteiger partial charge in [-0.3, -0.25) is 9.36 Å². The molecule has 0 atom stereocenters. The van der Waals surface area contributed by atoms with Crippen LogP contribution in [0.3, 0.4) is 0 Å². The third kappa shape index (κ3) is 5.59. The van der Waals surface area contributed by atoms with Gasteiger partial charge in [0.1, 0.15) is 11.8 Å². The maximum absolute atomic E-state index is 13.8. The molecule has 40 heavy (non-hydrogen) atoms. The van der Waals surface area contributed by atoms with E-state index in [1.807, 2.05) is 6.92 Å². The Morgan fingerprint density at radius 3 is 2.35 bits per heavy atom. The zero-order chi connectivity index (χ0) is 28.4. The highest BCUT2D eigenvalue weighted by molar-refractivity contribution is 7.90. The molecule has 2 N–H and O–H groups in total. The Labute approximate surface area is 232 Å². The van der Waals surface area contributed by atoms with Gasteiger partial charge in [-0.1, -0.05) is 25.0 Å². The van der Waals surface area contributed by atoms with Gasteiger partial charge < -0.3 is 10.4 Å². The fourth-order valence-electron chi connectivity index (χ4n) is 5.21. The topological polar surface area (TPSA) is 153 Å². The van der Waals surface area contributed by atoms with Crippen LogP contribution >= 0.6 is 0 Å². The quantitative estimate of drug-likeness (QED) is 0.341. The van der Waals surface area contributed by atoms with Gasteiger partial charge in [-0.05, 0) is 50.3 Å². The van der Waals surface area contributed by atoms with Crippen molar-refractivity contribution in [2.24, 2.45) is 0 Å². The van der Waals surface area contributed by atoms with Gasteiger partial charge in [0, 0.05) is 31.9 Å². The van der Waals surface area contributed by atoms with E-state index in [1.54, 1.807) is 41.4 Å². The minimum Gasteiger partial charge on any atom is -0.400 e. The Balaban J connectivity index is 0.00000158. The van der Waals surface area contributed by atoms with Crippen LogP contribution in [0.25, 0.3) is 22.6 Å². The molecule has 3 heterocycles. The van der Waals surface area contributed by atoms with Crippen molar-refractivity contribution in [3.05, 3.63) is 64.1 Å². The van der Waals surface area contributed by atoms with Crippen molar-refractivity contribution in [3.63, 3.8) is 0 Å². The second kappa shape index (κ2) is 11.4. The molecule has 2 saturated carbocycles. The molecule has 12 heteroatoms. The molecule has 11 nitrogen and oxygen atoms in total. The van der Waals surface area contributed by atoms with E-state index >= 15 is 0 Å². The molecular formula is C28H33N7O4S. The number of fused-ring (bicyclic) bond motifs is 1. The third-order valence-electron chi connectivity index (χ3n) is 7.39. The largest absolute Gasteiger partial charge is 0.400 e. The molecule has 210 valence electrons. The van der Waals surface area contributed by atoms with Gasteiger partial charge in [-0.2, -0.15) is 0 Å². The van der Waals surface area contributed by atoms with E-state index in [1.165, 1.54) is 6.26 Å². The fourth-order valence-corrected chi connectivity index (χ4v) is 5.84. The molecule has 0 radical (unpaired) electrons. The normalized spacial score (nSPS) is 15.6. The van der Waals surface area contributed by atoms with Gasteiger partial charge in [0.25, 0.3) is 5.56 Å². The first-order chi connectivity index (χ1) is 19.3. The number of aliphatic hydroxyl groups excluding tert-OH is 1. The Kier molecular flexibility index (Phi) is 7.90. The molecule has 2 aliphatic rings. The molecule has 1 aromatic carbocycles. The van der Waals surface area contributed by atoms with Crippen molar-refractivity contribution in [1.29, 1.82) is 0 Å². The lowest BCUT2D eigenvalue weighted by molar-refractivity contribution is 0.399. The van der Waals surface area contributed by atoms with E-state index < -0.39 is 9.84 Å². The highest BCUT2D eigenvalue weighted by atomic mass is 32.2. The first-order valence-electron chi connectivity index (χ1n) is 13.4. The Morgan fingerprint density at radius 1 is 1.00 bits per heavy atom. The zero-order valence-corrected chi connectivity index (χ0v) is 23.6. The lowest BCUT2D eigenvalue weighted by Crippen LogP contribution is -2.28. The van der Waals surface area contributed by atoms with Gasteiger partial charge in [-0.15, -0.1) is 0 Å². The second-order valence-electron chi connectivity index (χ2n) is 10.2. The first kappa shape index (κ1) is 27.8. The van der Waals surface area contributed by atoms with Crippen LogP contribution in [0.2, 0.25) is 0 Å². The van der Waals surface area contributed by atoms with E-state index in [4.69, 9.17) is 10.1 Å². The predicted molar refractivity (Wildman–Crippen MR) is 152 cm³/mol. The van der Waals surface area contributed by atoms with Crippen LogP contribution in [0.5, 0.6) is 0 Å². The summed E-state index contributed by atoms with van der Waals surface area (Å²) in [5, 5.41) is 10.2. The minimum absolute atomic E-state index is 0.0429. The number of aryl methyl sites for hydroxylation is 1. The zero-order valence-electron chi connectivity index (χ0n) is 22.8. The van der Waals surface area contributed by atoms with Crippen molar-refractivity contribution in [3.8, 4) is 11.4 Å². The van der Waals surface area contributed by atoms with Crippen molar-refractivity contribution in [1.82, 2.24) is 29.5 Å². The van der Waals surface area contributed by atoms with Crippen LogP contribution in [-0.4, -0.2) is 56.4 Å². The van der Waals surface area contributed by atoms with E-state index in [-0.39, 0.29) is 22.3 Å². The standard InChI is InChI=1S/C27H29N7O3S.CH4O/c1-16-22(23(18-9-10-18)31-15-30-16)24-29-14-21-26(33-24)34(19-5-3-4-6-19)27(35)25(32-21)28-13-17-7-11-20(12-8-17)38(2,36)37;1-2/h7-8,11-12,14-15,18-19H,3-6,9-10,13H2,1-2H3,(H,28,32);2H,1H3. The van der Waals surface area contributed by atoms with Crippen LogP contribution in [0.15, 0.2) is 46.5 Å². The van der Waals surface area contributed by atoms with Crippen LogP contribution in [0.4, 0.5) is 5.82 Å². The average molecular weight is 564 g/mol. The van der Waals surface area contributed by atoms with Gasteiger partial charge >= 0.3 is 0 Å². The molecule has 2 fully saturated rings. The summed E-state index contributed by atoms with van der Waals surface area (Å²) >= 11 is 0. The predicted octanol–water partition coefficient (Wildman–Crippen LogP) is 3.57. The number of anilines is 1. The lowest BCUT2D eigenvalue weighted by atomic mass is 10.1. The molecule has 0 spiro atoms. The van der Waals surface area contributed by atoms with E-state index in [0.29, 0.717) is 29.5 Å². The van der Waals surface area contributed by atoms with E-state index in [9.17, 15) is 13.2 Å². The second-order valence-corrected chi connectivity index (χ2v) is 12.3. The summed E-state index contributed by atoms with van der Waals surface area (Å²) < 4.78 is 25.3. The number of sulfone groups is 1. The highest BCUT2D eigenvalue weighted by Gasteiger charge is 2.31. The number of nitrogens with one attached hydrogen (secondary N) is 1. The van der Waals surface area contributed by atoms with E-state index in [2.05, 4.69) is 25.3 Å². The summed E-state index contributed by atoms with van der Waals surface area (Å²) in [6.45, 7) is 2.26. The smallest absolute Gasteiger partial charge is 0.295 e. The SMILES string of the molecule is CO.Cc1ncnc(C2CC2)c1-c1ncc2nc(NCc3ccc(S(C)(=O)=O)cc3)c(=O)n(C3CCCC3)c2n1. The number of nitrogens with zero attached hydrogens (tertiary/aromatic N) is 6. The molecule has 0 bridgehead atoms. The number of aromatic nitrogens is 6. The molecule has 6 rings (SSSR count). The molecule has 3 aromatic heterocycles. The van der Waals surface area contributed by atoms with Gasteiger partial charge in [0.15, 0.2) is 27.1 Å². The van der Waals surface area contributed by atoms with Crippen molar-refractivity contribution in [2.75, 3.05) is 18.7 Å². The number of aliphatic hydroxyl groups is 1. The minimum atomic E-state index is -3.27. The summed E-state index contributed by atoms with van der Waals surface area (Å²) in [5.74, 6) is 1.15. The van der Waals surface area contributed by atoms with Crippen LogP contribution < -0.4 is 10.9 Å². The Morgan fingerprint density at radius 2 is 1.70 bits per heavy atom. The van der Waals surface area contributed by atoms with Crippen LogP contribution in [0, 0.1) is 6.92 Å². The maximum atomic E-state index is 13.8. The highest BCUT2D eigenvalue weighted by Crippen LogP contribution is 2.43. The molecule has 0 saturated heterocycles. The molecule has 0 unspecified atom stereocenters. The first-order valence-corrected chi connectivity index (χ1v) is 15.3. The van der Waals surface area contributed by atoms with Gasteiger partial charge in [0.2, 0.25) is 0 Å². The number of benzene rings is 1. The van der Waals surface area contributed by atoms with Crippen LogP contribution in [-0.2, 0) is 16.4 Å². The monoisotopic (exact) mass is 563 g/mol. The average Bonchev–Trinajstić information content (AvgIpc) is 3.67. The van der Waals surface area contributed by atoms with Crippen LogP contribution in [0.1, 0.15) is 67.4 Å². The number of hydrogen-bond acceptors (Lipinski definition) is 10. The summed E-state index contributed by atoms with van der Waals surface area (Å²) in [6.07, 6.45) is 10.6. The molecular weight excluding hydrogens is 530 g/mol. The lowest BCUT2D eigenvalue weighted by Gasteiger charge is -2.18.